The maximum Gasteiger partial charge on any atom is 0.339 e. The van der Waals surface area contributed by atoms with Gasteiger partial charge in [0.2, 0.25) is 0 Å². The second kappa shape index (κ2) is 5.26. The topological polar surface area (TPSA) is 55.8 Å². The van der Waals surface area contributed by atoms with Crippen LogP contribution in [0, 0.1) is 0 Å². The zero-order chi connectivity index (χ0) is 13.2. The minimum Gasteiger partial charge on any atom is -0.497 e. The minimum atomic E-state index is -3.56. The molecule has 1 fully saturated rings. The molecular formula is C12H17NO4S. The summed E-state index contributed by atoms with van der Waals surface area (Å²) in [6.45, 7) is 2.54. The maximum absolute atomic E-state index is 11.7. The lowest BCUT2D eigenvalue weighted by Crippen LogP contribution is -2.32. The van der Waals surface area contributed by atoms with E-state index in [2.05, 4.69) is 0 Å². The van der Waals surface area contributed by atoms with Crippen LogP contribution in [0.5, 0.6) is 5.75 Å². The summed E-state index contributed by atoms with van der Waals surface area (Å²) in [5, 5.41) is 0. The molecule has 1 saturated heterocycles. The first kappa shape index (κ1) is 13.3. The van der Waals surface area contributed by atoms with Crippen molar-refractivity contribution in [2.24, 2.45) is 0 Å². The van der Waals surface area contributed by atoms with E-state index in [1.54, 1.807) is 7.11 Å². The van der Waals surface area contributed by atoms with Crippen molar-refractivity contribution in [1.82, 2.24) is 4.31 Å². The van der Waals surface area contributed by atoms with Gasteiger partial charge in [0, 0.05) is 6.54 Å². The highest BCUT2D eigenvalue weighted by Gasteiger charge is 2.37. The van der Waals surface area contributed by atoms with Gasteiger partial charge >= 0.3 is 10.3 Å². The van der Waals surface area contributed by atoms with Crippen LogP contribution >= 0.6 is 0 Å². The van der Waals surface area contributed by atoms with Crippen LogP contribution in [-0.2, 0) is 21.0 Å². The summed E-state index contributed by atoms with van der Waals surface area (Å²) in [5.74, 6) is 0.756. The molecule has 1 aliphatic heterocycles. The Morgan fingerprint density at radius 3 is 2.61 bits per heavy atom. The van der Waals surface area contributed by atoms with Crippen LogP contribution < -0.4 is 4.74 Å². The molecule has 0 radical (unpaired) electrons. The van der Waals surface area contributed by atoms with Crippen molar-refractivity contribution >= 4 is 10.3 Å². The second-order valence-corrected chi connectivity index (χ2v) is 5.76. The Kier molecular flexibility index (Phi) is 3.89. The summed E-state index contributed by atoms with van der Waals surface area (Å²) in [5.41, 5.74) is 0.920. The third kappa shape index (κ3) is 2.66. The zero-order valence-corrected chi connectivity index (χ0v) is 11.3. The van der Waals surface area contributed by atoms with E-state index in [9.17, 15) is 8.42 Å². The first-order valence-corrected chi connectivity index (χ1v) is 7.22. The quantitative estimate of drug-likeness (QED) is 0.833. The van der Waals surface area contributed by atoms with Crippen molar-refractivity contribution in [1.29, 1.82) is 0 Å². The van der Waals surface area contributed by atoms with E-state index in [4.69, 9.17) is 8.92 Å². The van der Waals surface area contributed by atoms with E-state index in [0.717, 1.165) is 17.7 Å². The Labute approximate surface area is 108 Å². The largest absolute Gasteiger partial charge is 0.497 e. The molecule has 1 aromatic carbocycles. The molecule has 0 amide bonds. The predicted molar refractivity (Wildman–Crippen MR) is 67.5 cm³/mol. The molecular weight excluding hydrogens is 254 g/mol. The normalized spacial score (nSPS) is 23.1. The molecule has 18 heavy (non-hydrogen) atoms. The van der Waals surface area contributed by atoms with Crippen molar-refractivity contribution < 1.29 is 17.3 Å². The molecule has 5 nitrogen and oxygen atoms in total. The number of methoxy groups -OCH3 is 1. The van der Waals surface area contributed by atoms with Crippen LogP contribution in [0.25, 0.3) is 0 Å². The van der Waals surface area contributed by atoms with Crippen molar-refractivity contribution in [2.75, 3.05) is 13.7 Å². The molecule has 0 saturated carbocycles. The van der Waals surface area contributed by atoms with Crippen molar-refractivity contribution in [3.63, 3.8) is 0 Å². The summed E-state index contributed by atoms with van der Waals surface area (Å²) in [6.07, 6.45) is 0.745. The van der Waals surface area contributed by atoms with Gasteiger partial charge in [-0.3, -0.25) is 4.18 Å². The van der Waals surface area contributed by atoms with E-state index < -0.39 is 10.3 Å². The molecule has 100 valence electrons. The van der Waals surface area contributed by atoms with Gasteiger partial charge in [0.05, 0.1) is 19.8 Å². The van der Waals surface area contributed by atoms with E-state index in [-0.39, 0.29) is 12.6 Å². The van der Waals surface area contributed by atoms with Gasteiger partial charge < -0.3 is 4.74 Å². The maximum atomic E-state index is 11.7. The average molecular weight is 271 g/mol. The first-order valence-electron chi connectivity index (χ1n) is 5.86. The van der Waals surface area contributed by atoms with Crippen molar-refractivity contribution in [3.8, 4) is 5.75 Å². The molecule has 0 unspecified atom stereocenters. The Morgan fingerprint density at radius 2 is 2.06 bits per heavy atom. The fourth-order valence-corrected chi connectivity index (χ4v) is 3.29. The SMILES string of the molecule is CC[C@H]1COS(=O)(=O)N1Cc1ccc(OC)cc1. The van der Waals surface area contributed by atoms with Crippen LogP contribution in [-0.4, -0.2) is 32.5 Å². The molecule has 0 aromatic heterocycles. The van der Waals surface area contributed by atoms with Gasteiger partial charge in [0.1, 0.15) is 5.75 Å². The van der Waals surface area contributed by atoms with Crippen molar-refractivity contribution in [2.45, 2.75) is 25.9 Å². The number of nitrogens with zero attached hydrogens (tertiary/aromatic N) is 1. The van der Waals surface area contributed by atoms with Gasteiger partial charge in [0.25, 0.3) is 0 Å². The lowest BCUT2D eigenvalue weighted by atomic mass is 10.2. The molecule has 1 aromatic rings. The summed E-state index contributed by atoms with van der Waals surface area (Å²) < 4.78 is 34.8. The Morgan fingerprint density at radius 1 is 1.39 bits per heavy atom. The first-order chi connectivity index (χ1) is 8.56. The summed E-state index contributed by atoms with van der Waals surface area (Å²) in [7, 11) is -1.96. The lowest BCUT2D eigenvalue weighted by Gasteiger charge is -2.19. The smallest absolute Gasteiger partial charge is 0.339 e. The Bertz CT molecular complexity index is 497. The van der Waals surface area contributed by atoms with Crippen LogP contribution in [0.2, 0.25) is 0 Å². The van der Waals surface area contributed by atoms with Gasteiger partial charge in [-0.25, -0.2) is 0 Å². The van der Waals surface area contributed by atoms with Gasteiger partial charge in [-0.15, -0.1) is 0 Å². The number of ether oxygens (including phenoxy) is 1. The number of benzene rings is 1. The molecule has 2 rings (SSSR count). The number of rotatable bonds is 4. The van der Waals surface area contributed by atoms with Crippen molar-refractivity contribution in [3.05, 3.63) is 29.8 Å². The predicted octanol–water partition coefficient (Wildman–Crippen LogP) is 1.55. The van der Waals surface area contributed by atoms with E-state index in [0.29, 0.717) is 6.54 Å². The molecule has 1 aliphatic rings. The second-order valence-electron chi connectivity index (χ2n) is 4.20. The molecule has 0 aliphatic carbocycles. The summed E-state index contributed by atoms with van der Waals surface area (Å²) >= 11 is 0. The van der Waals surface area contributed by atoms with E-state index in [1.807, 2.05) is 31.2 Å². The number of hydrogen-bond acceptors (Lipinski definition) is 4. The fraction of sp³-hybridized carbons (Fsp3) is 0.500. The molecule has 6 heteroatoms. The molecule has 1 heterocycles. The Hall–Kier alpha value is -1.11. The average Bonchev–Trinajstić information content (AvgIpc) is 2.66. The summed E-state index contributed by atoms with van der Waals surface area (Å²) in [6, 6.07) is 7.29. The van der Waals surface area contributed by atoms with Gasteiger partial charge in [0.15, 0.2) is 0 Å². The number of hydrogen-bond donors (Lipinski definition) is 0. The molecule has 1 atom stereocenters. The van der Waals surface area contributed by atoms with Gasteiger partial charge in [-0.05, 0) is 24.1 Å². The van der Waals surface area contributed by atoms with Gasteiger partial charge in [-0.1, -0.05) is 19.1 Å². The highest BCUT2D eigenvalue weighted by Crippen LogP contribution is 2.24. The fourth-order valence-electron chi connectivity index (χ4n) is 1.94. The van der Waals surface area contributed by atoms with E-state index in [1.165, 1.54) is 4.31 Å². The summed E-state index contributed by atoms with van der Waals surface area (Å²) in [4.78, 5) is 0. The van der Waals surface area contributed by atoms with Crippen LogP contribution in [0.3, 0.4) is 0 Å². The van der Waals surface area contributed by atoms with Crippen LogP contribution in [0.1, 0.15) is 18.9 Å². The standard InChI is InChI=1S/C12H17NO4S/c1-3-11-9-17-18(14,15)13(11)8-10-4-6-12(16-2)7-5-10/h4-7,11H,3,8-9H2,1-2H3/t11-/m0/s1. The van der Waals surface area contributed by atoms with E-state index >= 15 is 0 Å². The highest BCUT2D eigenvalue weighted by atomic mass is 32.2. The van der Waals surface area contributed by atoms with Crippen LogP contribution in [0.15, 0.2) is 24.3 Å². The van der Waals surface area contributed by atoms with Gasteiger partial charge in [-0.2, -0.15) is 12.7 Å². The monoisotopic (exact) mass is 271 g/mol. The lowest BCUT2D eigenvalue weighted by molar-refractivity contribution is 0.300. The highest BCUT2D eigenvalue weighted by molar-refractivity contribution is 7.84. The minimum absolute atomic E-state index is 0.0721. The molecule has 0 bridgehead atoms. The molecule has 0 spiro atoms. The van der Waals surface area contributed by atoms with Crippen LogP contribution in [0.4, 0.5) is 0 Å². The molecule has 0 N–H and O–H groups in total. The third-order valence-corrected chi connectivity index (χ3v) is 4.51. The Balaban J connectivity index is 2.15. The third-order valence-electron chi connectivity index (χ3n) is 3.07. The zero-order valence-electron chi connectivity index (χ0n) is 10.5.